The highest BCUT2D eigenvalue weighted by atomic mass is 16.6. The van der Waals surface area contributed by atoms with E-state index in [-0.39, 0.29) is 5.69 Å². The lowest BCUT2D eigenvalue weighted by molar-refractivity contribution is -0.384. The van der Waals surface area contributed by atoms with Crippen LogP contribution in [0.1, 0.15) is 12.5 Å². The molecule has 0 amide bonds. The number of rotatable bonds is 6. The SMILES string of the molecule is CCNCCNc1nccc(C)c1[N+](=O)[O-]. The molecule has 0 aromatic carbocycles. The van der Waals surface area contributed by atoms with E-state index >= 15 is 0 Å². The summed E-state index contributed by atoms with van der Waals surface area (Å²) in [5.74, 6) is 0.336. The maximum atomic E-state index is 10.8. The van der Waals surface area contributed by atoms with Gasteiger partial charge < -0.3 is 10.6 Å². The van der Waals surface area contributed by atoms with Gasteiger partial charge in [-0.1, -0.05) is 6.92 Å². The minimum atomic E-state index is -0.405. The van der Waals surface area contributed by atoms with Gasteiger partial charge >= 0.3 is 5.69 Å². The molecule has 0 radical (unpaired) electrons. The number of nitrogens with one attached hydrogen (secondary N) is 2. The quantitative estimate of drug-likeness (QED) is 0.433. The third kappa shape index (κ3) is 3.16. The lowest BCUT2D eigenvalue weighted by atomic mass is 10.2. The van der Waals surface area contributed by atoms with Crippen LogP contribution in [-0.4, -0.2) is 29.5 Å². The van der Waals surface area contributed by atoms with E-state index in [2.05, 4.69) is 15.6 Å². The molecule has 1 heterocycles. The normalized spacial score (nSPS) is 10.1. The maximum Gasteiger partial charge on any atom is 0.314 e. The van der Waals surface area contributed by atoms with Crippen LogP contribution in [0.25, 0.3) is 0 Å². The fourth-order valence-electron chi connectivity index (χ4n) is 1.36. The van der Waals surface area contributed by atoms with Gasteiger partial charge in [0, 0.05) is 24.8 Å². The fraction of sp³-hybridized carbons (Fsp3) is 0.500. The lowest BCUT2D eigenvalue weighted by Gasteiger charge is -2.07. The molecule has 6 nitrogen and oxygen atoms in total. The van der Waals surface area contributed by atoms with E-state index in [0.29, 0.717) is 17.9 Å². The van der Waals surface area contributed by atoms with Crippen molar-refractivity contribution in [2.24, 2.45) is 0 Å². The zero-order chi connectivity index (χ0) is 12.0. The number of aromatic nitrogens is 1. The third-order valence-corrected chi connectivity index (χ3v) is 2.15. The van der Waals surface area contributed by atoms with Crippen LogP contribution >= 0.6 is 0 Å². The smallest absolute Gasteiger partial charge is 0.314 e. The molecule has 1 aromatic rings. The number of pyridine rings is 1. The van der Waals surface area contributed by atoms with Gasteiger partial charge in [0.1, 0.15) is 0 Å². The molecule has 6 heteroatoms. The minimum absolute atomic E-state index is 0.0546. The van der Waals surface area contributed by atoms with Crippen LogP contribution in [0.2, 0.25) is 0 Å². The van der Waals surface area contributed by atoms with E-state index in [1.165, 1.54) is 0 Å². The van der Waals surface area contributed by atoms with Gasteiger partial charge in [-0.3, -0.25) is 10.1 Å². The first kappa shape index (κ1) is 12.4. The van der Waals surface area contributed by atoms with Crippen molar-refractivity contribution in [2.75, 3.05) is 25.0 Å². The van der Waals surface area contributed by atoms with Gasteiger partial charge in [-0.15, -0.1) is 0 Å². The van der Waals surface area contributed by atoms with E-state index < -0.39 is 4.92 Å². The van der Waals surface area contributed by atoms with Crippen molar-refractivity contribution in [3.8, 4) is 0 Å². The van der Waals surface area contributed by atoms with E-state index in [9.17, 15) is 10.1 Å². The lowest BCUT2D eigenvalue weighted by Crippen LogP contribution is -2.22. The van der Waals surface area contributed by atoms with Gasteiger partial charge in [0.05, 0.1) is 4.92 Å². The molecule has 0 fully saturated rings. The van der Waals surface area contributed by atoms with Gasteiger partial charge in [0.15, 0.2) is 0 Å². The largest absolute Gasteiger partial charge is 0.363 e. The summed E-state index contributed by atoms with van der Waals surface area (Å²) < 4.78 is 0. The van der Waals surface area contributed by atoms with Crippen LogP contribution in [0.15, 0.2) is 12.3 Å². The van der Waals surface area contributed by atoms with Crippen molar-refractivity contribution in [2.45, 2.75) is 13.8 Å². The number of nitrogens with zero attached hydrogens (tertiary/aromatic N) is 2. The highest BCUT2D eigenvalue weighted by Crippen LogP contribution is 2.24. The summed E-state index contributed by atoms with van der Waals surface area (Å²) in [4.78, 5) is 14.4. The number of hydrogen-bond donors (Lipinski definition) is 2. The summed E-state index contributed by atoms with van der Waals surface area (Å²) in [5.41, 5.74) is 0.671. The summed E-state index contributed by atoms with van der Waals surface area (Å²) in [5, 5.41) is 16.9. The topological polar surface area (TPSA) is 80.1 Å². The van der Waals surface area contributed by atoms with Crippen LogP contribution in [0.4, 0.5) is 11.5 Å². The average molecular weight is 224 g/mol. The molecule has 88 valence electrons. The first-order chi connectivity index (χ1) is 7.66. The summed E-state index contributed by atoms with van der Waals surface area (Å²) in [6.45, 7) is 5.96. The molecule has 0 saturated heterocycles. The molecule has 0 unspecified atom stereocenters. The van der Waals surface area contributed by atoms with E-state index in [0.717, 1.165) is 13.1 Å². The Balaban J connectivity index is 2.71. The monoisotopic (exact) mass is 224 g/mol. The Morgan fingerprint density at radius 3 is 2.88 bits per heavy atom. The Hall–Kier alpha value is -1.69. The second kappa shape index (κ2) is 6.02. The summed E-state index contributed by atoms with van der Waals surface area (Å²) in [6.07, 6.45) is 1.57. The minimum Gasteiger partial charge on any atom is -0.363 e. The summed E-state index contributed by atoms with van der Waals surface area (Å²) in [6, 6.07) is 1.63. The fourth-order valence-corrected chi connectivity index (χ4v) is 1.36. The average Bonchev–Trinajstić information content (AvgIpc) is 2.24. The second-order valence-corrected chi connectivity index (χ2v) is 3.36. The number of aryl methyl sites for hydroxylation is 1. The second-order valence-electron chi connectivity index (χ2n) is 3.36. The number of hydrogen-bond acceptors (Lipinski definition) is 5. The van der Waals surface area contributed by atoms with Gasteiger partial charge in [-0.2, -0.15) is 0 Å². The molecular formula is C10H16N4O2. The zero-order valence-corrected chi connectivity index (χ0v) is 9.49. The van der Waals surface area contributed by atoms with Crippen molar-refractivity contribution in [1.82, 2.24) is 10.3 Å². The van der Waals surface area contributed by atoms with Crippen LogP contribution in [0.3, 0.4) is 0 Å². The van der Waals surface area contributed by atoms with Crippen molar-refractivity contribution >= 4 is 11.5 Å². The highest BCUT2D eigenvalue weighted by molar-refractivity contribution is 5.59. The van der Waals surface area contributed by atoms with Crippen LogP contribution in [-0.2, 0) is 0 Å². The Morgan fingerprint density at radius 2 is 2.25 bits per heavy atom. The Labute approximate surface area is 94.2 Å². The van der Waals surface area contributed by atoms with Crippen molar-refractivity contribution in [3.05, 3.63) is 27.9 Å². The zero-order valence-electron chi connectivity index (χ0n) is 9.49. The number of likely N-dealkylation sites (N-methyl/N-ethyl adjacent to an activating group) is 1. The Morgan fingerprint density at radius 1 is 1.50 bits per heavy atom. The van der Waals surface area contributed by atoms with Crippen molar-refractivity contribution in [1.29, 1.82) is 0 Å². The van der Waals surface area contributed by atoms with Crippen molar-refractivity contribution < 1.29 is 4.92 Å². The predicted octanol–water partition coefficient (Wildman–Crippen LogP) is 1.32. The number of nitro groups is 1. The molecule has 2 N–H and O–H groups in total. The molecule has 0 aliphatic rings. The summed E-state index contributed by atoms with van der Waals surface area (Å²) in [7, 11) is 0. The molecular weight excluding hydrogens is 208 g/mol. The van der Waals surface area contributed by atoms with Gasteiger partial charge in [0.2, 0.25) is 5.82 Å². The molecule has 1 rings (SSSR count). The van der Waals surface area contributed by atoms with Crippen LogP contribution < -0.4 is 10.6 Å². The van der Waals surface area contributed by atoms with Crippen molar-refractivity contribution in [3.63, 3.8) is 0 Å². The molecule has 16 heavy (non-hydrogen) atoms. The van der Waals surface area contributed by atoms with Gasteiger partial charge in [-0.05, 0) is 19.5 Å². The Kier molecular flexibility index (Phi) is 4.65. The van der Waals surface area contributed by atoms with E-state index in [1.807, 2.05) is 6.92 Å². The molecule has 0 aliphatic carbocycles. The third-order valence-electron chi connectivity index (χ3n) is 2.15. The Bertz CT molecular complexity index is 368. The summed E-state index contributed by atoms with van der Waals surface area (Å²) >= 11 is 0. The van der Waals surface area contributed by atoms with E-state index in [1.54, 1.807) is 19.2 Å². The molecule has 1 aromatic heterocycles. The molecule has 0 saturated carbocycles. The predicted molar refractivity (Wildman–Crippen MR) is 62.7 cm³/mol. The van der Waals surface area contributed by atoms with Crippen LogP contribution in [0.5, 0.6) is 0 Å². The highest BCUT2D eigenvalue weighted by Gasteiger charge is 2.17. The van der Waals surface area contributed by atoms with E-state index in [4.69, 9.17) is 0 Å². The molecule has 0 bridgehead atoms. The molecule has 0 spiro atoms. The molecule has 0 aliphatic heterocycles. The van der Waals surface area contributed by atoms with Crippen LogP contribution in [0, 0.1) is 17.0 Å². The first-order valence-corrected chi connectivity index (χ1v) is 5.21. The molecule has 0 atom stereocenters. The maximum absolute atomic E-state index is 10.8. The number of anilines is 1. The van der Waals surface area contributed by atoms with Gasteiger partial charge in [0.25, 0.3) is 0 Å². The standard InChI is InChI=1S/C10H16N4O2/c1-3-11-6-7-13-10-9(14(15)16)8(2)4-5-12-10/h4-5,11H,3,6-7H2,1-2H3,(H,12,13). The first-order valence-electron chi connectivity index (χ1n) is 5.21. The van der Waals surface area contributed by atoms with Gasteiger partial charge in [-0.25, -0.2) is 4.98 Å².